The molecule has 0 saturated heterocycles. The number of imidazole rings is 1. The molecule has 3 aromatic rings. The molecular weight excluding hydrogens is 295 g/mol. The summed E-state index contributed by atoms with van der Waals surface area (Å²) in [5.74, 6) is 0.294. The largest absolute Gasteiger partial charge is 0.338 e. The third kappa shape index (κ3) is 1.93. The average molecular weight is 305 g/mol. The molecule has 3 rings (SSSR count). The van der Waals surface area contributed by atoms with Crippen LogP contribution in [0.5, 0.6) is 0 Å². The molecule has 1 N–H and O–H groups in total. The van der Waals surface area contributed by atoms with Gasteiger partial charge < -0.3 is 4.98 Å². The molecule has 0 spiro atoms. The van der Waals surface area contributed by atoms with Crippen molar-refractivity contribution in [2.75, 3.05) is 0 Å². The van der Waals surface area contributed by atoms with Gasteiger partial charge in [0, 0.05) is 4.47 Å². The molecule has 1 heterocycles. The van der Waals surface area contributed by atoms with Crippen molar-refractivity contribution in [2.24, 2.45) is 0 Å². The number of benzene rings is 2. The van der Waals surface area contributed by atoms with Crippen molar-refractivity contribution in [1.82, 2.24) is 9.97 Å². The van der Waals surface area contributed by atoms with E-state index in [4.69, 9.17) is 0 Å². The lowest BCUT2D eigenvalue weighted by molar-refractivity contribution is 0.630. The van der Waals surface area contributed by atoms with E-state index in [0.717, 1.165) is 21.1 Å². The monoisotopic (exact) mass is 304 g/mol. The highest BCUT2D eigenvalue weighted by Gasteiger charge is 2.10. The van der Waals surface area contributed by atoms with Crippen LogP contribution in [0, 0.1) is 12.7 Å². The molecule has 0 atom stereocenters. The van der Waals surface area contributed by atoms with Gasteiger partial charge in [-0.1, -0.05) is 27.6 Å². The van der Waals surface area contributed by atoms with Gasteiger partial charge in [0.1, 0.15) is 11.6 Å². The summed E-state index contributed by atoms with van der Waals surface area (Å²) in [6, 6.07) is 10.8. The second-order valence-electron chi connectivity index (χ2n) is 4.23. The SMILES string of the molecule is Cc1ccc(F)c(-c2nc3ccc(Br)cc3[nH]2)c1. The van der Waals surface area contributed by atoms with E-state index < -0.39 is 0 Å². The highest BCUT2D eigenvalue weighted by Crippen LogP contribution is 2.25. The summed E-state index contributed by atoms with van der Waals surface area (Å²) in [6.45, 7) is 1.93. The van der Waals surface area contributed by atoms with Crippen LogP contribution in [0.4, 0.5) is 4.39 Å². The van der Waals surface area contributed by atoms with Gasteiger partial charge in [-0.05, 0) is 37.3 Å². The molecule has 0 fully saturated rings. The van der Waals surface area contributed by atoms with Gasteiger partial charge >= 0.3 is 0 Å². The number of nitrogens with one attached hydrogen (secondary N) is 1. The first kappa shape index (κ1) is 11.4. The zero-order chi connectivity index (χ0) is 12.7. The normalized spacial score (nSPS) is 11.1. The molecule has 2 aromatic carbocycles. The second-order valence-corrected chi connectivity index (χ2v) is 5.15. The number of halogens is 2. The molecule has 18 heavy (non-hydrogen) atoms. The van der Waals surface area contributed by atoms with Crippen LogP contribution in [0.3, 0.4) is 0 Å². The Morgan fingerprint density at radius 2 is 2.00 bits per heavy atom. The van der Waals surface area contributed by atoms with Crippen molar-refractivity contribution in [3.05, 3.63) is 52.3 Å². The molecule has 0 unspecified atom stereocenters. The van der Waals surface area contributed by atoms with Crippen molar-refractivity contribution >= 4 is 27.0 Å². The first-order chi connectivity index (χ1) is 8.63. The molecule has 0 amide bonds. The van der Waals surface area contributed by atoms with Crippen molar-refractivity contribution in [3.8, 4) is 11.4 Å². The first-order valence-corrected chi connectivity index (χ1v) is 6.34. The van der Waals surface area contributed by atoms with Crippen molar-refractivity contribution in [2.45, 2.75) is 6.92 Å². The summed E-state index contributed by atoms with van der Waals surface area (Å²) >= 11 is 3.40. The Balaban J connectivity index is 2.22. The number of rotatable bonds is 1. The molecule has 0 saturated carbocycles. The minimum atomic E-state index is -0.265. The molecule has 90 valence electrons. The molecule has 0 aliphatic rings. The van der Waals surface area contributed by atoms with Crippen LogP contribution >= 0.6 is 15.9 Å². The third-order valence-corrected chi connectivity index (χ3v) is 3.31. The standard InChI is InChI=1S/C14H10BrFN2/c1-8-2-4-11(16)10(6-8)14-17-12-5-3-9(15)7-13(12)18-14/h2-7H,1H3,(H,17,18). The van der Waals surface area contributed by atoms with Gasteiger partial charge in [0.05, 0.1) is 16.6 Å². The number of H-pyrrole nitrogens is 1. The highest BCUT2D eigenvalue weighted by atomic mass is 79.9. The predicted octanol–water partition coefficient (Wildman–Crippen LogP) is 4.44. The predicted molar refractivity (Wildman–Crippen MR) is 73.9 cm³/mol. The van der Waals surface area contributed by atoms with Gasteiger partial charge in [-0.25, -0.2) is 9.37 Å². The lowest BCUT2D eigenvalue weighted by Crippen LogP contribution is -1.87. The summed E-state index contributed by atoms with van der Waals surface area (Å²) in [5, 5.41) is 0. The van der Waals surface area contributed by atoms with E-state index in [0.29, 0.717) is 11.4 Å². The topological polar surface area (TPSA) is 28.7 Å². The minimum absolute atomic E-state index is 0.265. The van der Waals surface area contributed by atoms with Gasteiger partial charge in [-0.15, -0.1) is 0 Å². The number of nitrogens with zero attached hydrogens (tertiary/aromatic N) is 1. The van der Waals surface area contributed by atoms with E-state index in [1.165, 1.54) is 6.07 Å². The van der Waals surface area contributed by atoms with E-state index in [2.05, 4.69) is 25.9 Å². The van der Waals surface area contributed by atoms with Gasteiger partial charge in [-0.2, -0.15) is 0 Å². The number of hydrogen-bond acceptors (Lipinski definition) is 1. The number of aromatic nitrogens is 2. The molecule has 1 aromatic heterocycles. The van der Waals surface area contributed by atoms with Gasteiger partial charge in [0.2, 0.25) is 0 Å². The Kier molecular flexibility index (Phi) is 2.67. The average Bonchev–Trinajstić information content (AvgIpc) is 2.74. The molecule has 2 nitrogen and oxygen atoms in total. The number of hydrogen-bond donors (Lipinski definition) is 1. The van der Waals surface area contributed by atoms with Crippen LogP contribution in [0.25, 0.3) is 22.4 Å². The van der Waals surface area contributed by atoms with E-state index in [1.807, 2.05) is 25.1 Å². The maximum absolute atomic E-state index is 13.8. The Morgan fingerprint density at radius 3 is 2.83 bits per heavy atom. The van der Waals surface area contributed by atoms with Gasteiger partial charge in [-0.3, -0.25) is 0 Å². The summed E-state index contributed by atoms with van der Waals surface area (Å²) < 4.78 is 14.8. The van der Waals surface area contributed by atoms with Crippen molar-refractivity contribution < 1.29 is 4.39 Å². The van der Waals surface area contributed by atoms with Crippen LogP contribution < -0.4 is 0 Å². The maximum Gasteiger partial charge on any atom is 0.141 e. The van der Waals surface area contributed by atoms with Gasteiger partial charge in [0.25, 0.3) is 0 Å². The van der Waals surface area contributed by atoms with Gasteiger partial charge in [0.15, 0.2) is 0 Å². The smallest absolute Gasteiger partial charge is 0.141 e. The minimum Gasteiger partial charge on any atom is -0.338 e. The van der Waals surface area contributed by atoms with Crippen molar-refractivity contribution in [1.29, 1.82) is 0 Å². The summed E-state index contributed by atoms with van der Waals surface area (Å²) in [4.78, 5) is 7.55. The van der Waals surface area contributed by atoms with Crippen LogP contribution in [0.1, 0.15) is 5.56 Å². The molecular formula is C14H10BrFN2. The Labute approximate surface area is 112 Å². The number of aromatic amines is 1. The molecule has 0 aliphatic heterocycles. The fourth-order valence-corrected chi connectivity index (χ4v) is 2.29. The van der Waals surface area contributed by atoms with Crippen molar-refractivity contribution in [3.63, 3.8) is 0 Å². The lowest BCUT2D eigenvalue weighted by atomic mass is 10.1. The van der Waals surface area contributed by atoms with E-state index >= 15 is 0 Å². The zero-order valence-corrected chi connectivity index (χ0v) is 11.3. The molecule has 4 heteroatoms. The molecule has 0 radical (unpaired) electrons. The molecule has 0 aliphatic carbocycles. The Morgan fingerprint density at radius 1 is 1.17 bits per heavy atom. The van der Waals surface area contributed by atoms with Crippen LogP contribution in [-0.2, 0) is 0 Å². The quantitative estimate of drug-likeness (QED) is 0.707. The maximum atomic E-state index is 13.8. The summed E-state index contributed by atoms with van der Waals surface area (Å²) in [5.41, 5.74) is 3.23. The zero-order valence-electron chi connectivity index (χ0n) is 9.67. The Hall–Kier alpha value is -1.68. The van der Waals surface area contributed by atoms with E-state index in [-0.39, 0.29) is 5.82 Å². The van der Waals surface area contributed by atoms with E-state index in [1.54, 1.807) is 12.1 Å². The van der Waals surface area contributed by atoms with Crippen LogP contribution in [-0.4, -0.2) is 9.97 Å². The summed E-state index contributed by atoms with van der Waals surface area (Å²) in [6.07, 6.45) is 0. The van der Waals surface area contributed by atoms with Crippen LogP contribution in [0.2, 0.25) is 0 Å². The number of aryl methyl sites for hydroxylation is 1. The first-order valence-electron chi connectivity index (χ1n) is 5.55. The fraction of sp³-hybridized carbons (Fsp3) is 0.0714. The second kappa shape index (κ2) is 4.21. The summed E-state index contributed by atoms with van der Waals surface area (Å²) in [7, 11) is 0. The lowest BCUT2D eigenvalue weighted by Gasteiger charge is -2.00. The highest BCUT2D eigenvalue weighted by molar-refractivity contribution is 9.10. The fourth-order valence-electron chi connectivity index (χ4n) is 1.93. The number of fused-ring (bicyclic) bond motifs is 1. The molecule has 0 bridgehead atoms. The Bertz CT molecular complexity index is 734. The van der Waals surface area contributed by atoms with E-state index in [9.17, 15) is 4.39 Å². The third-order valence-electron chi connectivity index (χ3n) is 2.82. The van der Waals surface area contributed by atoms with Crippen LogP contribution in [0.15, 0.2) is 40.9 Å².